The summed E-state index contributed by atoms with van der Waals surface area (Å²) in [6, 6.07) is 26.4. The maximum absolute atomic E-state index is 12.9. The largest absolute Gasteiger partial charge is 0.450 e. The molecule has 0 N–H and O–H groups in total. The number of Topliss-reactive ketones (excluding diaryl/α,β-unsaturated/α-hetero) is 1. The van der Waals surface area contributed by atoms with E-state index < -0.39 is 12.1 Å². The molecule has 4 aromatic carbocycles. The Morgan fingerprint density at radius 1 is 0.765 bits per heavy atom. The number of benzene rings is 4. The highest BCUT2D eigenvalue weighted by atomic mass is 16.5. The monoisotopic (exact) mass is 444 g/mol. The first kappa shape index (κ1) is 20.2. The lowest BCUT2D eigenvalue weighted by Crippen LogP contribution is -2.26. The summed E-state index contributed by atoms with van der Waals surface area (Å²) in [5.74, 6) is -0.758. The predicted molar refractivity (Wildman–Crippen MR) is 132 cm³/mol. The van der Waals surface area contributed by atoms with E-state index in [9.17, 15) is 9.59 Å². The van der Waals surface area contributed by atoms with Crippen LogP contribution in [0.15, 0.2) is 84.9 Å². The molecule has 0 amide bonds. The molecule has 0 radical (unpaired) electrons. The zero-order valence-electron chi connectivity index (χ0n) is 18.5. The first-order valence-corrected chi connectivity index (χ1v) is 11.3. The average molecular weight is 444 g/mol. The molecule has 6 rings (SSSR count). The van der Waals surface area contributed by atoms with Gasteiger partial charge in [0.05, 0.1) is 28.0 Å². The van der Waals surface area contributed by atoms with Crippen LogP contribution in [0.3, 0.4) is 0 Å². The molecule has 0 fully saturated rings. The third-order valence-corrected chi connectivity index (χ3v) is 6.29. The first-order valence-electron chi connectivity index (χ1n) is 11.3. The molecule has 0 saturated carbocycles. The van der Waals surface area contributed by atoms with Gasteiger partial charge in [-0.25, -0.2) is 14.8 Å². The Hall–Kier alpha value is -4.38. The number of ketones is 1. The van der Waals surface area contributed by atoms with Crippen molar-refractivity contribution >= 4 is 33.6 Å². The Balaban J connectivity index is 1.35. The number of aromatic nitrogens is 2. The normalized spacial score (nSPS) is 12.5. The number of ether oxygens (including phenoxy) is 1. The molecule has 1 heterocycles. The zero-order valence-corrected chi connectivity index (χ0v) is 18.5. The van der Waals surface area contributed by atoms with Crippen LogP contribution in [-0.4, -0.2) is 27.8 Å². The number of hydrogen-bond acceptors (Lipinski definition) is 5. The summed E-state index contributed by atoms with van der Waals surface area (Å²) in [4.78, 5) is 35.5. The number of esters is 1. The van der Waals surface area contributed by atoms with Crippen LogP contribution >= 0.6 is 0 Å². The van der Waals surface area contributed by atoms with Gasteiger partial charge in [-0.3, -0.25) is 4.79 Å². The molecule has 0 unspecified atom stereocenters. The molecule has 0 aliphatic heterocycles. The van der Waals surface area contributed by atoms with Gasteiger partial charge in [-0.05, 0) is 30.0 Å². The first-order chi connectivity index (χ1) is 16.6. The molecule has 1 atom stereocenters. The minimum atomic E-state index is -0.844. The molecule has 0 spiro atoms. The van der Waals surface area contributed by atoms with E-state index in [2.05, 4.69) is 24.3 Å². The second-order valence-corrected chi connectivity index (χ2v) is 8.37. The Morgan fingerprint density at radius 2 is 1.44 bits per heavy atom. The smallest absolute Gasteiger partial charge is 0.338 e. The average Bonchev–Trinajstić information content (AvgIpc) is 3.20. The molecule has 1 aliphatic carbocycles. The third kappa shape index (κ3) is 3.17. The summed E-state index contributed by atoms with van der Waals surface area (Å²) in [7, 11) is 0. The van der Waals surface area contributed by atoms with Gasteiger partial charge in [0.15, 0.2) is 6.10 Å². The van der Waals surface area contributed by atoms with E-state index in [0.717, 1.165) is 33.3 Å². The van der Waals surface area contributed by atoms with Crippen LogP contribution in [0.5, 0.6) is 0 Å². The Bertz CT molecular complexity index is 1600. The Labute approximate surface area is 196 Å². The van der Waals surface area contributed by atoms with E-state index >= 15 is 0 Å². The number of fused-ring (bicyclic) bond motifs is 4. The van der Waals surface area contributed by atoms with Gasteiger partial charge in [-0.2, -0.15) is 0 Å². The highest BCUT2D eigenvalue weighted by molar-refractivity contribution is 6.14. The summed E-state index contributed by atoms with van der Waals surface area (Å²) in [6.07, 6.45) is -0.452. The van der Waals surface area contributed by atoms with Crippen molar-refractivity contribution in [3.05, 3.63) is 96.1 Å². The molecule has 0 saturated heterocycles. The second kappa shape index (κ2) is 7.89. The minimum absolute atomic E-state index is 0.208. The van der Waals surface area contributed by atoms with Crippen LogP contribution < -0.4 is 0 Å². The van der Waals surface area contributed by atoms with Crippen molar-refractivity contribution in [2.75, 3.05) is 0 Å². The van der Waals surface area contributed by atoms with Crippen molar-refractivity contribution in [2.24, 2.45) is 0 Å². The van der Waals surface area contributed by atoms with Crippen LogP contribution in [0.1, 0.15) is 34.1 Å². The van der Waals surface area contributed by atoms with Crippen molar-refractivity contribution < 1.29 is 14.3 Å². The lowest BCUT2D eigenvalue weighted by molar-refractivity contribution is 0.0277. The number of hydrogen-bond donors (Lipinski definition) is 0. The molecule has 164 valence electrons. The Kier molecular flexibility index (Phi) is 4.69. The lowest BCUT2D eigenvalue weighted by atomic mass is 10.0. The minimum Gasteiger partial charge on any atom is -0.450 e. The van der Waals surface area contributed by atoms with Gasteiger partial charge in [0.25, 0.3) is 0 Å². The summed E-state index contributed by atoms with van der Waals surface area (Å²) >= 11 is 0. The fraction of sp³-hybridized carbons (Fsp3) is 0.103. The molecule has 5 nitrogen and oxygen atoms in total. The number of nitrogens with zero attached hydrogens (tertiary/aromatic N) is 2. The van der Waals surface area contributed by atoms with Crippen LogP contribution in [-0.2, 0) is 4.74 Å². The number of rotatable bonds is 5. The van der Waals surface area contributed by atoms with Gasteiger partial charge < -0.3 is 4.74 Å². The quantitative estimate of drug-likeness (QED) is 0.232. The summed E-state index contributed by atoms with van der Waals surface area (Å²) < 4.78 is 5.60. The van der Waals surface area contributed by atoms with E-state index in [-0.39, 0.29) is 5.78 Å². The maximum Gasteiger partial charge on any atom is 0.338 e. The Morgan fingerprint density at radius 3 is 2.12 bits per heavy atom. The second-order valence-electron chi connectivity index (χ2n) is 8.37. The summed E-state index contributed by atoms with van der Waals surface area (Å²) in [5, 5.41) is 2.30. The number of carbonyl (C=O) groups is 2. The van der Waals surface area contributed by atoms with Crippen LogP contribution in [0.25, 0.3) is 44.3 Å². The van der Waals surface area contributed by atoms with Gasteiger partial charge in [0.2, 0.25) is 5.78 Å². The predicted octanol–water partition coefficient (Wildman–Crippen LogP) is 6.25. The van der Waals surface area contributed by atoms with E-state index in [4.69, 9.17) is 14.7 Å². The molecule has 34 heavy (non-hydrogen) atoms. The van der Waals surface area contributed by atoms with Crippen molar-refractivity contribution in [3.8, 4) is 22.5 Å². The van der Waals surface area contributed by atoms with Crippen molar-refractivity contribution in [1.82, 2.24) is 9.97 Å². The van der Waals surface area contributed by atoms with Gasteiger partial charge in [0, 0.05) is 22.1 Å². The molecule has 1 aliphatic rings. The van der Waals surface area contributed by atoms with Crippen LogP contribution in [0.4, 0.5) is 0 Å². The molecule has 1 aromatic heterocycles. The maximum atomic E-state index is 12.9. The van der Waals surface area contributed by atoms with Crippen molar-refractivity contribution in [2.45, 2.75) is 19.4 Å². The fourth-order valence-corrected chi connectivity index (χ4v) is 4.60. The highest BCUT2D eigenvalue weighted by Gasteiger charge is 2.26. The lowest BCUT2D eigenvalue weighted by Gasteiger charge is -2.15. The molecular weight excluding hydrogens is 424 g/mol. The van der Waals surface area contributed by atoms with Gasteiger partial charge in [-0.15, -0.1) is 0 Å². The van der Waals surface area contributed by atoms with E-state index in [1.165, 1.54) is 0 Å². The molecule has 5 heteroatoms. The highest BCUT2D eigenvalue weighted by Crippen LogP contribution is 2.45. The van der Waals surface area contributed by atoms with Gasteiger partial charge in [0.1, 0.15) is 0 Å². The SMILES string of the molecule is CC[C@@H](OC(=O)c1ccc2nc3c(nc2c1)-c1cccc2cccc-3c12)C(=O)c1ccccc1. The van der Waals surface area contributed by atoms with Gasteiger partial charge >= 0.3 is 5.97 Å². The topological polar surface area (TPSA) is 69.2 Å². The van der Waals surface area contributed by atoms with Crippen molar-refractivity contribution in [3.63, 3.8) is 0 Å². The number of carbonyl (C=O) groups excluding carboxylic acids is 2. The summed E-state index contributed by atoms with van der Waals surface area (Å²) in [5.41, 5.74) is 5.97. The van der Waals surface area contributed by atoms with Crippen molar-refractivity contribution in [1.29, 1.82) is 0 Å². The fourth-order valence-electron chi connectivity index (χ4n) is 4.60. The van der Waals surface area contributed by atoms with E-state index in [1.54, 1.807) is 42.5 Å². The standard InChI is InChI=1S/C29H20N2O3/c1-2-24(28(32)18-8-4-3-5-9-18)34-29(33)19-14-15-22-23(16-19)31-27-21-13-7-11-17-10-6-12-20(25(17)21)26(27)30-22/h3-16,24H,2H2,1H3/t24-/m1/s1. The third-order valence-electron chi connectivity index (χ3n) is 6.29. The van der Waals surface area contributed by atoms with E-state index in [1.807, 2.05) is 25.1 Å². The molecule has 5 aromatic rings. The zero-order chi connectivity index (χ0) is 23.2. The summed E-state index contributed by atoms with van der Waals surface area (Å²) in [6.45, 7) is 1.83. The van der Waals surface area contributed by atoms with Gasteiger partial charge in [-0.1, -0.05) is 73.7 Å². The van der Waals surface area contributed by atoms with Crippen LogP contribution in [0.2, 0.25) is 0 Å². The molecule has 0 bridgehead atoms. The van der Waals surface area contributed by atoms with E-state index in [0.29, 0.717) is 28.6 Å². The molecular formula is C29H20N2O3. The van der Waals surface area contributed by atoms with Crippen LogP contribution in [0, 0.1) is 0 Å².